The summed E-state index contributed by atoms with van der Waals surface area (Å²) < 4.78 is 56.3. The maximum Gasteiger partial charge on any atom is 0.192 e. The Balaban J connectivity index is 1.37. The SMILES string of the molecule is CC(C)(C)[Si](C)(C)OCCOC1c2c(OCc3ccccc3)cc(OCc3ccccc3)c(Br)c2OC(c2ccc(OCc3ccccc3)c(OCc3ccccc3)c2)C1O[Si](C)(C)C(C)(C)C. The fraction of sp³-hybridized carbons (Fsp3) is 0.368. The molecule has 68 heavy (non-hydrogen) atoms. The Morgan fingerprint density at radius 2 is 0.941 bits per heavy atom. The molecule has 7 rings (SSSR count). The second-order valence-electron chi connectivity index (χ2n) is 20.5. The predicted octanol–water partition coefficient (Wildman–Crippen LogP) is 15.4. The average Bonchev–Trinajstić information content (AvgIpc) is 3.32. The van der Waals surface area contributed by atoms with Gasteiger partial charge in [0, 0.05) is 6.07 Å². The molecule has 0 aromatic heterocycles. The molecule has 0 bridgehead atoms. The van der Waals surface area contributed by atoms with Gasteiger partial charge in [0.1, 0.15) is 60.4 Å². The first-order chi connectivity index (χ1) is 32.4. The zero-order chi connectivity index (χ0) is 48.5. The van der Waals surface area contributed by atoms with E-state index in [1.54, 1.807) is 0 Å². The molecule has 0 aliphatic carbocycles. The third kappa shape index (κ3) is 12.8. The molecule has 11 heteroatoms. The second-order valence-corrected chi connectivity index (χ2v) is 30.9. The molecule has 1 aliphatic rings. The Bertz CT molecular complexity index is 2530. The van der Waals surface area contributed by atoms with Crippen molar-refractivity contribution in [1.82, 2.24) is 0 Å². The highest BCUT2D eigenvalue weighted by Gasteiger charge is 2.50. The van der Waals surface area contributed by atoms with Gasteiger partial charge in [0.05, 0.1) is 18.8 Å². The van der Waals surface area contributed by atoms with Crippen LogP contribution in [0, 0.1) is 0 Å². The Hall–Kier alpha value is -4.89. The zero-order valence-electron chi connectivity index (χ0n) is 41.5. The van der Waals surface area contributed by atoms with Crippen LogP contribution in [-0.4, -0.2) is 36.0 Å². The van der Waals surface area contributed by atoms with E-state index in [9.17, 15) is 0 Å². The maximum absolute atomic E-state index is 7.61. The third-order valence-corrected chi connectivity index (χ3v) is 23.2. The Morgan fingerprint density at radius 3 is 1.41 bits per heavy atom. The van der Waals surface area contributed by atoms with E-state index >= 15 is 0 Å². The monoisotopic (exact) mass is 1020 g/mol. The highest BCUT2D eigenvalue weighted by Crippen LogP contribution is 2.56. The minimum atomic E-state index is -2.55. The molecule has 0 spiro atoms. The number of hydrogen-bond donors (Lipinski definition) is 0. The molecular formula is C57H69BrO8Si2. The van der Waals surface area contributed by atoms with Crippen molar-refractivity contribution in [3.63, 3.8) is 0 Å². The number of rotatable bonds is 20. The van der Waals surface area contributed by atoms with E-state index in [0.717, 1.165) is 33.4 Å². The van der Waals surface area contributed by atoms with Crippen molar-refractivity contribution in [2.45, 2.75) is 123 Å². The molecule has 3 atom stereocenters. The van der Waals surface area contributed by atoms with Gasteiger partial charge >= 0.3 is 0 Å². The summed E-state index contributed by atoms with van der Waals surface area (Å²) in [6.45, 7) is 24.7. The molecule has 1 heterocycles. The highest BCUT2D eigenvalue weighted by molar-refractivity contribution is 9.10. The number of benzene rings is 6. The predicted molar refractivity (Wildman–Crippen MR) is 281 cm³/mol. The van der Waals surface area contributed by atoms with E-state index in [1.807, 2.05) is 91.0 Å². The van der Waals surface area contributed by atoms with Crippen LogP contribution < -0.4 is 23.7 Å². The van der Waals surface area contributed by atoms with Crippen molar-refractivity contribution in [2.24, 2.45) is 0 Å². The highest BCUT2D eigenvalue weighted by atomic mass is 79.9. The van der Waals surface area contributed by atoms with Crippen LogP contribution >= 0.6 is 15.9 Å². The molecule has 6 aromatic carbocycles. The topological polar surface area (TPSA) is 73.8 Å². The summed E-state index contributed by atoms with van der Waals surface area (Å²) in [6.07, 6.45) is -1.96. The minimum absolute atomic E-state index is 0.0358. The minimum Gasteiger partial charge on any atom is -0.488 e. The Morgan fingerprint density at radius 1 is 0.500 bits per heavy atom. The lowest BCUT2D eigenvalue weighted by Crippen LogP contribution is -2.50. The summed E-state index contributed by atoms with van der Waals surface area (Å²) in [6, 6.07) is 48.6. The summed E-state index contributed by atoms with van der Waals surface area (Å²) >= 11 is 4.00. The van der Waals surface area contributed by atoms with E-state index in [0.29, 0.717) is 72.9 Å². The first-order valence-corrected chi connectivity index (χ1v) is 30.3. The van der Waals surface area contributed by atoms with Crippen molar-refractivity contribution in [3.05, 3.63) is 183 Å². The van der Waals surface area contributed by atoms with Gasteiger partial charge in [-0.3, -0.25) is 0 Å². The summed E-state index contributed by atoms with van der Waals surface area (Å²) in [7, 11) is -4.65. The van der Waals surface area contributed by atoms with Gasteiger partial charge in [-0.05, 0) is 92.1 Å². The van der Waals surface area contributed by atoms with Gasteiger partial charge in [-0.25, -0.2) is 0 Å². The van der Waals surface area contributed by atoms with Gasteiger partial charge < -0.3 is 37.3 Å². The van der Waals surface area contributed by atoms with E-state index in [1.165, 1.54) is 0 Å². The molecule has 0 saturated carbocycles. The van der Waals surface area contributed by atoms with Gasteiger partial charge in [0.15, 0.2) is 34.2 Å². The molecule has 6 aromatic rings. The van der Waals surface area contributed by atoms with Crippen LogP contribution in [0.25, 0.3) is 0 Å². The standard InChI is InChI=1S/C57H69BrO8Si2/c1-56(2,3)67(7,8)64-34-33-59-54-50-48(62-39-43-27-19-13-20-28-43)36-49(63-40-44-29-21-14-22-30-44)51(58)53(50)65-52(55(54)66-68(9,10)57(4,5)6)45-31-32-46(60-37-41-23-15-11-16-24-41)47(35-45)61-38-42-25-17-12-18-26-42/h11-32,35-36,52,54-55H,33-34,37-40H2,1-10H3. The van der Waals surface area contributed by atoms with E-state index in [4.69, 9.17) is 37.3 Å². The largest absolute Gasteiger partial charge is 0.488 e. The normalized spacial score (nSPS) is 16.4. The lowest BCUT2D eigenvalue weighted by atomic mass is 9.91. The first-order valence-electron chi connectivity index (χ1n) is 23.7. The van der Waals surface area contributed by atoms with Gasteiger partial charge in [-0.2, -0.15) is 0 Å². The molecule has 0 N–H and O–H groups in total. The second kappa shape index (κ2) is 22.2. The molecule has 0 fully saturated rings. The molecular weight excluding hydrogens is 949 g/mol. The number of hydrogen-bond acceptors (Lipinski definition) is 8. The van der Waals surface area contributed by atoms with E-state index < -0.39 is 34.9 Å². The molecule has 8 nitrogen and oxygen atoms in total. The van der Waals surface area contributed by atoms with Crippen molar-refractivity contribution in [1.29, 1.82) is 0 Å². The van der Waals surface area contributed by atoms with Gasteiger partial charge in [0.25, 0.3) is 0 Å². The average molecular weight is 1020 g/mol. The summed E-state index contributed by atoms with van der Waals surface area (Å²) in [4.78, 5) is 0. The Labute approximate surface area is 415 Å². The lowest BCUT2D eigenvalue weighted by molar-refractivity contribution is -0.101. The maximum atomic E-state index is 7.61. The smallest absolute Gasteiger partial charge is 0.192 e. The van der Waals surface area contributed by atoms with Crippen molar-refractivity contribution in [3.8, 4) is 28.7 Å². The molecule has 0 amide bonds. The van der Waals surface area contributed by atoms with Gasteiger partial charge in [-0.15, -0.1) is 0 Å². The summed E-state index contributed by atoms with van der Waals surface area (Å²) in [5.41, 5.74) is 5.74. The van der Waals surface area contributed by atoms with Crippen LogP contribution in [0.4, 0.5) is 0 Å². The van der Waals surface area contributed by atoms with Gasteiger partial charge in [-0.1, -0.05) is 169 Å². The van der Waals surface area contributed by atoms with Crippen LogP contribution in [0.1, 0.15) is 87.1 Å². The lowest BCUT2D eigenvalue weighted by Gasteiger charge is -2.46. The molecule has 0 saturated heterocycles. The molecule has 1 aliphatic heterocycles. The van der Waals surface area contributed by atoms with Crippen LogP contribution in [-0.2, 0) is 40.0 Å². The molecule has 0 radical (unpaired) electrons. The van der Waals surface area contributed by atoms with Crippen molar-refractivity contribution < 1.29 is 37.3 Å². The van der Waals surface area contributed by atoms with Crippen LogP contribution in [0.5, 0.6) is 28.7 Å². The van der Waals surface area contributed by atoms with Crippen molar-refractivity contribution >= 4 is 32.6 Å². The molecule has 360 valence electrons. The number of halogens is 1. The van der Waals surface area contributed by atoms with Crippen LogP contribution in [0.15, 0.2) is 150 Å². The summed E-state index contributed by atoms with van der Waals surface area (Å²) in [5.74, 6) is 2.94. The third-order valence-electron chi connectivity index (χ3n) is 13.4. The fourth-order valence-corrected chi connectivity index (χ4v) is 10.2. The van der Waals surface area contributed by atoms with Crippen LogP contribution in [0.3, 0.4) is 0 Å². The Kier molecular flexibility index (Phi) is 16.7. The van der Waals surface area contributed by atoms with Gasteiger partial charge in [0.2, 0.25) is 0 Å². The van der Waals surface area contributed by atoms with Crippen LogP contribution in [0.2, 0.25) is 36.3 Å². The van der Waals surface area contributed by atoms with Crippen molar-refractivity contribution in [2.75, 3.05) is 13.2 Å². The van der Waals surface area contributed by atoms with E-state index in [2.05, 4.69) is 138 Å². The van der Waals surface area contributed by atoms with E-state index in [-0.39, 0.29) is 10.1 Å². The number of ether oxygens (including phenoxy) is 6. The summed E-state index contributed by atoms with van der Waals surface area (Å²) in [5, 5.41) is -0.108. The fourth-order valence-electron chi connectivity index (χ4n) is 7.37. The number of fused-ring (bicyclic) bond motifs is 1. The quantitative estimate of drug-likeness (QED) is 0.0553. The first kappa shape index (κ1) is 51.0. The zero-order valence-corrected chi connectivity index (χ0v) is 45.1. The molecule has 3 unspecified atom stereocenters.